The predicted octanol–water partition coefficient (Wildman–Crippen LogP) is 5.12. The van der Waals surface area contributed by atoms with Crippen molar-refractivity contribution in [1.82, 2.24) is 4.98 Å². The lowest BCUT2D eigenvalue weighted by atomic mass is 10.1. The van der Waals surface area contributed by atoms with Crippen LogP contribution in [0.4, 0.5) is 17.1 Å². The molecule has 0 aliphatic carbocycles. The number of pyridine rings is 1. The molecule has 8 heteroatoms. The van der Waals surface area contributed by atoms with Gasteiger partial charge in [0.2, 0.25) is 10.0 Å². The van der Waals surface area contributed by atoms with Crippen molar-refractivity contribution < 1.29 is 13.2 Å². The topological polar surface area (TPSA) is 80.3 Å². The third-order valence-corrected chi connectivity index (χ3v) is 5.69. The van der Waals surface area contributed by atoms with E-state index in [2.05, 4.69) is 32.6 Å². The van der Waals surface area contributed by atoms with E-state index in [9.17, 15) is 8.42 Å². The molecule has 0 bridgehead atoms. The zero-order valence-electron chi connectivity index (χ0n) is 15.7. The van der Waals surface area contributed by atoms with E-state index >= 15 is 0 Å². The second kappa shape index (κ2) is 7.68. The van der Waals surface area contributed by atoms with E-state index < -0.39 is 10.0 Å². The zero-order valence-corrected chi connectivity index (χ0v) is 18.7. The highest BCUT2D eigenvalue weighted by Crippen LogP contribution is 2.37. The monoisotopic (exact) mass is 519 g/mol. The van der Waals surface area contributed by atoms with Gasteiger partial charge in [-0.2, -0.15) is 0 Å². The van der Waals surface area contributed by atoms with Gasteiger partial charge in [-0.3, -0.25) is 4.72 Å². The second-order valence-corrected chi connectivity index (χ2v) is 9.57. The number of fused-ring (bicyclic) bond motifs is 2. The molecular formula is C21H18IN3O3S. The lowest BCUT2D eigenvalue weighted by molar-refractivity contribution is 0.417. The van der Waals surface area contributed by atoms with Crippen molar-refractivity contribution in [2.45, 2.75) is 0 Å². The highest BCUT2D eigenvalue weighted by atomic mass is 127. The molecule has 0 aliphatic heterocycles. The van der Waals surface area contributed by atoms with Gasteiger partial charge in [0.25, 0.3) is 0 Å². The third-order valence-electron chi connectivity index (χ3n) is 4.41. The number of nitrogens with zero attached hydrogens (tertiary/aromatic N) is 1. The molecule has 0 saturated carbocycles. The van der Waals surface area contributed by atoms with Crippen molar-refractivity contribution in [1.29, 1.82) is 0 Å². The van der Waals surface area contributed by atoms with Crippen LogP contribution in [0.5, 0.6) is 5.75 Å². The molecule has 3 aromatic carbocycles. The number of rotatable bonds is 5. The molecule has 6 nitrogen and oxygen atoms in total. The van der Waals surface area contributed by atoms with Crippen molar-refractivity contribution in [3.8, 4) is 5.75 Å². The Kier molecular flexibility index (Phi) is 5.22. The van der Waals surface area contributed by atoms with Crippen molar-refractivity contribution in [3.63, 3.8) is 0 Å². The van der Waals surface area contributed by atoms with E-state index in [1.807, 2.05) is 42.5 Å². The number of anilines is 3. The SMILES string of the molecule is COc1cc(NS(C)(=O)=O)ccc1Nc1c2ccccc2nc2cc(I)ccc12. The minimum absolute atomic E-state index is 0.439. The van der Waals surface area contributed by atoms with Gasteiger partial charge < -0.3 is 10.1 Å². The van der Waals surface area contributed by atoms with Crippen molar-refractivity contribution in [3.05, 3.63) is 64.2 Å². The van der Waals surface area contributed by atoms with Gasteiger partial charge in [0.15, 0.2) is 0 Å². The number of benzene rings is 3. The summed E-state index contributed by atoms with van der Waals surface area (Å²) in [7, 11) is -1.82. The van der Waals surface area contributed by atoms with Gasteiger partial charge in [-0.15, -0.1) is 0 Å². The van der Waals surface area contributed by atoms with Crippen LogP contribution >= 0.6 is 22.6 Å². The van der Waals surface area contributed by atoms with Crippen molar-refractivity contribution >= 4 is 71.5 Å². The maximum atomic E-state index is 11.5. The number of hydrogen-bond acceptors (Lipinski definition) is 5. The minimum Gasteiger partial charge on any atom is -0.494 e. The average Bonchev–Trinajstić information content (AvgIpc) is 2.67. The van der Waals surface area contributed by atoms with Crippen molar-refractivity contribution in [2.75, 3.05) is 23.4 Å². The molecule has 0 amide bonds. The van der Waals surface area contributed by atoms with E-state index in [-0.39, 0.29) is 0 Å². The Labute approximate surface area is 182 Å². The van der Waals surface area contributed by atoms with Gasteiger partial charge in [0.1, 0.15) is 5.75 Å². The van der Waals surface area contributed by atoms with Gasteiger partial charge >= 0.3 is 0 Å². The van der Waals surface area contributed by atoms with E-state index in [1.54, 1.807) is 25.3 Å². The van der Waals surface area contributed by atoms with E-state index in [1.165, 1.54) is 0 Å². The van der Waals surface area contributed by atoms with Crippen LogP contribution in [0.25, 0.3) is 21.8 Å². The first-order valence-electron chi connectivity index (χ1n) is 8.75. The van der Waals surface area contributed by atoms with Gasteiger partial charge in [0, 0.05) is 20.4 Å². The molecule has 29 heavy (non-hydrogen) atoms. The third kappa shape index (κ3) is 4.23. The van der Waals surface area contributed by atoms with Crippen LogP contribution in [0.1, 0.15) is 0 Å². The Morgan fingerprint density at radius 2 is 1.72 bits per heavy atom. The van der Waals surface area contributed by atoms with Gasteiger partial charge in [-0.05, 0) is 59.0 Å². The molecule has 0 unspecified atom stereocenters. The van der Waals surface area contributed by atoms with Crippen LogP contribution in [-0.4, -0.2) is 26.8 Å². The summed E-state index contributed by atoms with van der Waals surface area (Å²) in [4.78, 5) is 4.79. The number of methoxy groups -OCH3 is 1. The lowest BCUT2D eigenvalue weighted by Crippen LogP contribution is -2.09. The lowest BCUT2D eigenvalue weighted by Gasteiger charge is -2.16. The van der Waals surface area contributed by atoms with E-state index in [0.717, 1.165) is 43.0 Å². The standard InChI is InChI=1S/C21H18IN3O3S/c1-28-20-12-14(25-29(2,26)27)8-10-18(20)24-21-15-5-3-4-6-17(15)23-19-11-13(22)7-9-16(19)21/h3-12,25H,1-2H3,(H,23,24). The van der Waals surface area contributed by atoms with Crippen LogP contribution in [0.3, 0.4) is 0 Å². The number of para-hydroxylation sites is 1. The maximum absolute atomic E-state index is 11.5. The Balaban J connectivity index is 1.87. The molecular weight excluding hydrogens is 501 g/mol. The van der Waals surface area contributed by atoms with Crippen LogP contribution in [0.2, 0.25) is 0 Å². The fourth-order valence-corrected chi connectivity index (χ4v) is 4.24. The molecule has 0 aliphatic rings. The molecule has 4 rings (SSSR count). The first-order chi connectivity index (χ1) is 13.8. The zero-order chi connectivity index (χ0) is 20.6. The van der Waals surface area contributed by atoms with E-state index in [0.29, 0.717) is 11.4 Å². The predicted molar refractivity (Wildman–Crippen MR) is 127 cm³/mol. The summed E-state index contributed by atoms with van der Waals surface area (Å²) in [6.45, 7) is 0. The molecule has 0 spiro atoms. The number of aromatic nitrogens is 1. The number of ether oxygens (including phenoxy) is 1. The molecule has 2 N–H and O–H groups in total. The minimum atomic E-state index is -3.37. The Bertz CT molecular complexity index is 1340. The van der Waals surface area contributed by atoms with Crippen LogP contribution < -0.4 is 14.8 Å². The fourth-order valence-electron chi connectivity index (χ4n) is 3.21. The fraction of sp³-hybridized carbons (Fsp3) is 0.0952. The van der Waals surface area contributed by atoms with Gasteiger partial charge in [0.05, 0.1) is 41.5 Å². The summed E-state index contributed by atoms with van der Waals surface area (Å²) in [6.07, 6.45) is 1.11. The largest absolute Gasteiger partial charge is 0.494 e. The molecule has 4 aromatic rings. The summed E-state index contributed by atoms with van der Waals surface area (Å²) >= 11 is 2.28. The highest BCUT2D eigenvalue weighted by Gasteiger charge is 2.13. The summed E-state index contributed by atoms with van der Waals surface area (Å²) in [6, 6.07) is 19.2. The molecule has 0 fully saturated rings. The first-order valence-corrected chi connectivity index (χ1v) is 11.7. The summed E-state index contributed by atoms with van der Waals surface area (Å²) in [5.41, 5.74) is 3.87. The van der Waals surface area contributed by atoms with E-state index in [4.69, 9.17) is 9.72 Å². The first kappa shape index (κ1) is 19.7. The Hall–Kier alpha value is -2.59. The number of nitrogens with one attached hydrogen (secondary N) is 2. The van der Waals surface area contributed by atoms with Gasteiger partial charge in [-0.25, -0.2) is 13.4 Å². The summed E-state index contributed by atoms with van der Waals surface area (Å²) in [5, 5.41) is 5.45. The Morgan fingerprint density at radius 1 is 0.966 bits per heavy atom. The molecule has 1 heterocycles. The van der Waals surface area contributed by atoms with Crippen LogP contribution in [0, 0.1) is 3.57 Å². The molecule has 1 aromatic heterocycles. The number of sulfonamides is 1. The highest BCUT2D eigenvalue weighted by molar-refractivity contribution is 14.1. The van der Waals surface area contributed by atoms with Crippen LogP contribution in [-0.2, 0) is 10.0 Å². The molecule has 0 saturated heterocycles. The van der Waals surface area contributed by atoms with Gasteiger partial charge in [-0.1, -0.05) is 18.2 Å². The van der Waals surface area contributed by atoms with Crippen molar-refractivity contribution in [2.24, 2.45) is 0 Å². The second-order valence-electron chi connectivity index (χ2n) is 6.58. The maximum Gasteiger partial charge on any atom is 0.229 e. The quantitative estimate of drug-likeness (QED) is 0.283. The average molecular weight is 519 g/mol. The molecule has 0 atom stereocenters. The molecule has 148 valence electrons. The Morgan fingerprint density at radius 3 is 2.48 bits per heavy atom. The van der Waals surface area contributed by atoms with Crippen LogP contribution in [0.15, 0.2) is 60.7 Å². The normalized spacial score (nSPS) is 11.6. The summed E-state index contributed by atoms with van der Waals surface area (Å²) in [5.74, 6) is 0.526. The molecule has 0 radical (unpaired) electrons. The number of halogens is 1. The summed E-state index contributed by atoms with van der Waals surface area (Å²) < 4.78 is 32.1. The number of hydrogen-bond donors (Lipinski definition) is 2. The smallest absolute Gasteiger partial charge is 0.229 e.